The van der Waals surface area contributed by atoms with Gasteiger partial charge >= 0.3 is 11.8 Å². The van der Waals surface area contributed by atoms with Crippen molar-refractivity contribution in [2.24, 2.45) is 0 Å². The van der Waals surface area contributed by atoms with Crippen molar-refractivity contribution < 1.29 is 9.59 Å². The minimum Gasteiger partial charge on any atom is -0.262 e. The van der Waals surface area contributed by atoms with Crippen LogP contribution in [0, 0.1) is 0 Å². The molecule has 0 saturated heterocycles. The van der Waals surface area contributed by atoms with Gasteiger partial charge in [0.25, 0.3) is 0 Å². The Hall–Kier alpha value is -4.72. The number of pyridine rings is 2. The van der Waals surface area contributed by atoms with Crippen LogP contribution in [-0.2, 0) is 9.59 Å². The molecule has 0 unspecified atom stereocenters. The van der Waals surface area contributed by atoms with Crippen LogP contribution in [0.15, 0.2) is 109 Å². The van der Waals surface area contributed by atoms with Crippen molar-refractivity contribution in [1.29, 1.82) is 0 Å². The predicted molar refractivity (Wildman–Crippen MR) is 122 cm³/mol. The number of nitrogens with zero attached hydrogens (tertiary/aromatic N) is 4. The fourth-order valence-electron chi connectivity index (χ4n) is 2.94. The molecule has 0 bridgehead atoms. The van der Waals surface area contributed by atoms with Crippen molar-refractivity contribution in [3.8, 4) is 0 Å². The van der Waals surface area contributed by atoms with Crippen molar-refractivity contribution in [3.05, 3.63) is 109 Å². The third-order valence-corrected chi connectivity index (χ3v) is 4.42. The topological polar surface area (TPSA) is 90.5 Å². The van der Waals surface area contributed by atoms with Gasteiger partial charge in [0.2, 0.25) is 0 Å². The van der Waals surface area contributed by atoms with Gasteiger partial charge in [-0.05, 0) is 48.5 Å². The zero-order valence-electron chi connectivity index (χ0n) is 17.0. The number of aromatic nitrogens is 2. The van der Waals surface area contributed by atoms with Crippen molar-refractivity contribution in [1.82, 2.24) is 20.8 Å². The Morgan fingerprint density at radius 3 is 1.25 bits per heavy atom. The van der Waals surface area contributed by atoms with E-state index in [4.69, 9.17) is 0 Å². The van der Waals surface area contributed by atoms with Gasteiger partial charge in [-0.1, -0.05) is 48.5 Å². The summed E-state index contributed by atoms with van der Waals surface area (Å²) in [5.41, 5.74) is 6.56. The molecule has 0 spiro atoms. The minimum atomic E-state index is -0.864. The quantitative estimate of drug-likeness (QED) is 0.364. The summed E-state index contributed by atoms with van der Waals surface area (Å²) >= 11 is 0. The van der Waals surface area contributed by atoms with E-state index in [2.05, 4.69) is 20.8 Å². The lowest BCUT2D eigenvalue weighted by atomic mass is 10.3. The number of hydrogen-bond acceptors (Lipinski definition) is 6. The monoisotopic (exact) mass is 424 g/mol. The number of rotatable bonds is 6. The standard InChI is InChI=1S/C24H20N6O2/c31-23(27-29(19-11-3-1-4-12-19)21-15-7-9-17-25-21)24(32)28-30(20-13-5-2-6-14-20)22-16-8-10-18-26-22/h1-18H,(H,27,31)(H,28,32). The zero-order valence-corrected chi connectivity index (χ0v) is 17.0. The van der Waals surface area contributed by atoms with Gasteiger partial charge in [0.05, 0.1) is 11.4 Å². The van der Waals surface area contributed by atoms with Crippen LogP contribution in [0.2, 0.25) is 0 Å². The molecule has 8 nitrogen and oxygen atoms in total. The molecule has 0 aliphatic carbocycles. The number of carbonyl (C=O) groups is 2. The van der Waals surface area contributed by atoms with E-state index in [1.54, 1.807) is 73.1 Å². The Morgan fingerprint density at radius 2 is 0.906 bits per heavy atom. The van der Waals surface area contributed by atoms with Crippen LogP contribution in [-0.4, -0.2) is 21.8 Å². The minimum absolute atomic E-state index is 0.462. The third kappa shape index (κ3) is 4.88. The fourth-order valence-corrected chi connectivity index (χ4v) is 2.94. The summed E-state index contributed by atoms with van der Waals surface area (Å²) in [5.74, 6) is -0.804. The molecule has 2 amide bonds. The predicted octanol–water partition coefficient (Wildman–Crippen LogP) is 3.52. The molecular weight excluding hydrogens is 404 g/mol. The second kappa shape index (κ2) is 9.86. The Balaban J connectivity index is 1.57. The largest absolute Gasteiger partial charge is 0.329 e. The fraction of sp³-hybridized carbons (Fsp3) is 0. The summed E-state index contributed by atoms with van der Waals surface area (Å²) in [4.78, 5) is 34.3. The van der Waals surface area contributed by atoms with E-state index in [0.29, 0.717) is 23.0 Å². The van der Waals surface area contributed by atoms with Gasteiger partial charge in [-0.3, -0.25) is 20.4 Å². The van der Waals surface area contributed by atoms with E-state index in [-0.39, 0.29) is 0 Å². The molecule has 158 valence electrons. The lowest BCUT2D eigenvalue weighted by Crippen LogP contribution is -2.51. The number of benzene rings is 2. The lowest BCUT2D eigenvalue weighted by molar-refractivity contribution is -0.139. The lowest BCUT2D eigenvalue weighted by Gasteiger charge is -2.26. The Labute approximate surface area is 185 Å². The molecule has 4 rings (SSSR count). The van der Waals surface area contributed by atoms with Crippen LogP contribution in [0.1, 0.15) is 0 Å². The highest BCUT2D eigenvalue weighted by atomic mass is 16.2. The average molecular weight is 424 g/mol. The molecule has 4 aromatic rings. The van der Waals surface area contributed by atoms with Crippen molar-refractivity contribution in [2.75, 3.05) is 10.0 Å². The summed E-state index contributed by atoms with van der Waals surface area (Å²) in [7, 11) is 0. The van der Waals surface area contributed by atoms with Gasteiger partial charge < -0.3 is 0 Å². The molecule has 32 heavy (non-hydrogen) atoms. The Kier molecular flexibility index (Phi) is 6.33. The maximum atomic E-state index is 12.9. The van der Waals surface area contributed by atoms with Crippen LogP contribution >= 0.6 is 0 Å². The number of carbonyl (C=O) groups excluding carboxylic acids is 2. The molecular formula is C24H20N6O2. The number of nitrogens with one attached hydrogen (secondary N) is 2. The van der Waals surface area contributed by atoms with Crippen molar-refractivity contribution in [2.45, 2.75) is 0 Å². The molecule has 0 radical (unpaired) electrons. The van der Waals surface area contributed by atoms with Gasteiger partial charge in [-0.2, -0.15) is 0 Å². The molecule has 0 fully saturated rings. The van der Waals surface area contributed by atoms with E-state index in [1.165, 1.54) is 10.0 Å². The highest BCUT2D eigenvalue weighted by Crippen LogP contribution is 2.22. The van der Waals surface area contributed by atoms with Gasteiger partial charge in [0.1, 0.15) is 0 Å². The Morgan fingerprint density at radius 1 is 0.531 bits per heavy atom. The molecule has 8 heteroatoms. The molecule has 2 heterocycles. The number of hydrazine groups is 2. The number of para-hydroxylation sites is 2. The molecule has 2 aromatic carbocycles. The van der Waals surface area contributed by atoms with E-state index in [9.17, 15) is 9.59 Å². The second-order valence-corrected chi connectivity index (χ2v) is 6.60. The first-order valence-electron chi connectivity index (χ1n) is 9.86. The SMILES string of the molecule is O=C(NN(c1ccccc1)c1ccccn1)C(=O)NN(c1ccccc1)c1ccccn1. The van der Waals surface area contributed by atoms with E-state index < -0.39 is 11.8 Å². The first-order valence-corrected chi connectivity index (χ1v) is 9.86. The summed E-state index contributed by atoms with van der Waals surface area (Å²) in [6.07, 6.45) is 3.21. The number of amides is 2. The summed E-state index contributed by atoms with van der Waals surface area (Å²) in [6.45, 7) is 0. The second-order valence-electron chi connectivity index (χ2n) is 6.60. The number of anilines is 4. The van der Waals surface area contributed by atoms with Crippen LogP contribution in [0.5, 0.6) is 0 Å². The maximum absolute atomic E-state index is 12.9. The van der Waals surface area contributed by atoms with Crippen molar-refractivity contribution in [3.63, 3.8) is 0 Å². The highest BCUT2D eigenvalue weighted by molar-refractivity contribution is 6.35. The van der Waals surface area contributed by atoms with Crippen LogP contribution < -0.4 is 20.9 Å². The van der Waals surface area contributed by atoms with Gasteiger partial charge in [0, 0.05) is 12.4 Å². The van der Waals surface area contributed by atoms with E-state index >= 15 is 0 Å². The number of hydrogen-bond donors (Lipinski definition) is 2. The summed E-state index contributed by atoms with van der Waals surface area (Å²) < 4.78 is 0. The van der Waals surface area contributed by atoms with E-state index in [0.717, 1.165) is 0 Å². The molecule has 0 saturated carbocycles. The van der Waals surface area contributed by atoms with Gasteiger partial charge in [0.15, 0.2) is 11.6 Å². The highest BCUT2D eigenvalue weighted by Gasteiger charge is 2.23. The molecule has 0 aliphatic heterocycles. The first-order chi connectivity index (χ1) is 15.7. The van der Waals surface area contributed by atoms with E-state index in [1.807, 2.05) is 36.4 Å². The molecule has 2 aromatic heterocycles. The molecule has 0 aliphatic rings. The normalized spacial score (nSPS) is 10.1. The average Bonchev–Trinajstić information content (AvgIpc) is 2.87. The van der Waals surface area contributed by atoms with Gasteiger partial charge in [-0.15, -0.1) is 0 Å². The van der Waals surface area contributed by atoms with Crippen LogP contribution in [0.3, 0.4) is 0 Å². The van der Waals surface area contributed by atoms with Crippen molar-refractivity contribution >= 4 is 34.8 Å². The summed E-state index contributed by atoms with van der Waals surface area (Å²) in [5, 5.41) is 2.91. The van der Waals surface area contributed by atoms with Crippen LogP contribution in [0.4, 0.5) is 23.0 Å². The zero-order chi connectivity index (χ0) is 22.2. The molecule has 2 N–H and O–H groups in total. The first kappa shape index (κ1) is 20.5. The third-order valence-electron chi connectivity index (χ3n) is 4.42. The smallest absolute Gasteiger partial charge is 0.262 e. The maximum Gasteiger partial charge on any atom is 0.329 e. The summed E-state index contributed by atoms with van der Waals surface area (Å²) in [6, 6.07) is 28.8. The Bertz CT molecular complexity index is 984. The van der Waals surface area contributed by atoms with Gasteiger partial charge in [-0.25, -0.2) is 20.0 Å². The van der Waals surface area contributed by atoms with Crippen LogP contribution in [0.25, 0.3) is 0 Å². The molecule has 0 atom stereocenters.